The lowest BCUT2D eigenvalue weighted by atomic mass is 10.1. The summed E-state index contributed by atoms with van der Waals surface area (Å²) in [5, 5.41) is 2.60. The number of nitrogens with one attached hydrogen (secondary N) is 1. The van der Waals surface area contributed by atoms with Crippen LogP contribution in [0.15, 0.2) is 53.0 Å². The molecule has 7 heteroatoms. The van der Waals surface area contributed by atoms with Crippen molar-refractivity contribution in [1.82, 2.24) is 0 Å². The smallest absolute Gasteiger partial charge is 0.344 e. The Kier molecular flexibility index (Phi) is 6.71. The summed E-state index contributed by atoms with van der Waals surface area (Å²) in [6.45, 7) is 0.736. The highest BCUT2D eigenvalue weighted by molar-refractivity contribution is 9.10. The van der Waals surface area contributed by atoms with Crippen molar-refractivity contribution >= 4 is 39.3 Å². The molecule has 6 nitrogen and oxygen atoms in total. The van der Waals surface area contributed by atoms with E-state index in [0.29, 0.717) is 17.0 Å². The maximum atomic E-state index is 12.0. The minimum atomic E-state index is -0.636. The lowest BCUT2D eigenvalue weighted by Gasteiger charge is -2.07. The lowest BCUT2D eigenvalue weighted by molar-refractivity contribution is -0.144. The van der Waals surface area contributed by atoms with E-state index in [9.17, 15) is 14.4 Å². The molecule has 1 amide bonds. The van der Waals surface area contributed by atoms with E-state index in [1.165, 1.54) is 6.92 Å². The maximum absolute atomic E-state index is 12.0. The van der Waals surface area contributed by atoms with Crippen LogP contribution in [0.3, 0.4) is 0 Å². The number of rotatable bonds is 7. The number of carbonyl (C=O) groups excluding carboxylic acids is 3. The number of hydrogen-bond donors (Lipinski definition) is 1. The second-order valence-corrected chi connectivity index (χ2v) is 6.00. The van der Waals surface area contributed by atoms with Crippen LogP contribution >= 0.6 is 15.9 Å². The van der Waals surface area contributed by atoms with Gasteiger partial charge in [0.25, 0.3) is 0 Å². The fourth-order valence-electron chi connectivity index (χ4n) is 1.91. The van der Waals surface area contributed by atoms with Crippen LogP contribution in [0, 0.1) is 0 Å². The van der Waals surface area contributed by atoms with Gasteiger partial charge < -0.3 is 14.8 Å². The number of carbonyl (C=O) groups is 3. The summed E-state index contributed by atoms with van der Waals surface area (Å²) in [5.74, 6) is -0.655. The van der Waals surface area contributed by atoms with Crippen molar-refractivity contribution in [3.05, 3.63) is 58.6 Å². The van der Waals surface area contributed by atoms with Crippen LogP contribution in [-0.2, 0) is 14.3 Å². The first-order valence-electron chi connectivity index (χ1n) is 7.39. The molecule has 0 aliphatic heterocycles. The minimum Gasteiger partial charge on any atom is -0.482 e. The molecule has 2 aromatic rings. The third-order valence-corrected chi connectivity index (χ3v) is 3.54. The molecule has 0 spiro atoms. The number of Topliss-reactive ketones (excluding diaryl/α,β-unsaturated/α-hetero) is 1. The van der Waals surface area contributed by atoms with Gasteiger partial charge in [0.15, 0.2) is 19.0 Å². The Morgan fingerprint density at radius 1 is 1.04 bits per heavy atom. The molecule has 0 saturated heterocycles. The number of ether oxygens (including phenoxy) is 2. The Hall–Kier alpha value is -2.67. The third-order valence-electron chi connectivity index (χ3n) is 3.04. The van der Waals surface area contributed by atoms with E-state index in [0.717, 1.165) is 4.47 Å². The number of amides is 1. The molecule has 2 rings (SSSR count). The van der Waals surface area contributed by atoms with Gasteiger partial charge >= 0.3 is 5.97 Å². The molecule has 2 aromatic carbocycles. The molecule has 0 unspecified atom stereocenters. The summed E-state index contributed by atoms with van der Waals surface area (Å²) in [6.07, 6.45) is 0. The number of ketones is 1. The zero-order valence-corrected chi connectivity index (χ0v) is 15.0. The number of benzene rings is 2. The van der Waals surface area contributed by atoms with Crippen LogP contribution in [0.25, 0.3) is 0 Å². The standard InChI is InChI=1S/C18H16BrNO5/c1-12(21)20-15-7-5-13(6-8-15)17(22)10-25-18(23)11-24-16-4-2-3-14(19)9-16/h2-9H,10-11H2,1H3,(H,20,21). The van der Waals surface area contributed by atoms with Crippen LogP contribution in [0.4, 0.5) is 5.69 Å². The number of anilines is 1. The highest BCUT2D eigenvalue weighted by atomic mass is 79.9. The van der Waals surface area contributed by atoms with E-state index in [1.807, 2.05) is 6.07 Å². The van der Waals surface area contributed by atoms with Gasteiger partial charge in [-0.3, -0.25) is 9.59 Å². The Labute approximate surface area is 153 Å². The Bertz CT molecular complexity index is 773. The average Bonchev–Trinajstić information content (AvgIpc) is 2.58. The van der Waals surface area contributed by atoms with E-state index in [4.69, 9.17) is 9.47 Å². The molecule has 130 valence electrons. The lowest BCUT2D eigenvalue weighted by Crippen LogP contribution is -2.19. The van der Waals surface area contributed by atoms with Crippen molar-refractivity contribution in [3.63, 3.8) is 0 Å². The number of esters is 1. The normalized spacial score (nSPS) is 10.0. The quantitative estimate of drug-likeness (QED) is 0.564. The average molecular weight is 406 g/mol. The fourth-order valence-corrected chi connectivity index (χ4v) is 2.29. The molecule has 0 atom stereocenters. The number of halogens is 1. The number of hydrogen-bond acceptors (Lipinski definition) is 5. The minimum absolute atomic E-state index is 0.196. The first-order valence-corrected chi connectivity index (χ1v) is 8.18. The van der Waals surface area contributed by atoms with Gasteiger partial charge in [0.1, 0.15) is 5.75 Å². The van der Waals surface area contributed by atoms with Crippen molar-refractivity contribution in [2.45, 2.75) is 6.92 Å². The topological polar surface area (TPSA) is 81.7 Å². The second-order valence-electron chi connectivity index (χ2n) is 5.09. The zero-order chi connectivity index (χ0) is 18.2. The van der Waals surface area contributed by atoms with Gasteiger partial charge in [-0.25, -0.2) is 4.79 Å². The van der Waals surface area contributed by atoms with Crippen molar-refractivity contribution in [1.29, 1.82) is 0 Å². The first kappa shape index (κ1) is 18.7. The van der Waals surface area contributed by atoms with Crippen molar-refractivity contribution in [2.24, 2.45) is 0 Å². The summed E-state index contributed by atoms with van der Waals surface area (Å²) >= 11 is 3.30. The van der Waals surface area contributed by atoms with E-state index >= 15 is 0 Å². The van der Waals surface area contributed by atoms with E-state index < -0.39 is 5.97 Å². The van der Waals surface area contributed by atoms with E-state index in [2.05, 4.69) is 21.2 Å². The van der Waals surface area contributed by atoms with Crippen LogP contribution in [0.5, 0.6) is 5.75 Å². The Morgan fingerprint density at radius 2 is 1.76 bits per heavy atom. The Balaban J connectivity index is 1.78. The van der Waals surface area contributed by atoms with Crippen LogP contribution in [-0.4, -0.2) is 30.9 Å². The van der Waals surface area contributed by atoms with Crippen LogP contribution in [0.1, 0.15) is 17.3 Å². The van der Waals surface area contributed by atoms with Crippen molar-refractivity contribution < 1.29 is 23.9 Å². The SMILES string of the molecule is CC(=O)Nc1ccc(C(=O)COC(=O)COc2cccc(Br)c2)cc1. The molecule has 0 aromatic heterocycles. The third kappa shape index (κ3) is 6.39. The molecular weight excluding hydrogens is 390 g/mol. The molecule has 0 saturated carbocycles. The zero-order valence-electron chi connectivity index (χ0n) is 13.5. The summed E-state index contributed by atoms with van der Waals surface area (Å²) in [6, 6.07) is 13.4. The largest absolute Gasteiger partial charge is 0.482 e. The van der Waals surface area contributed by atoms with Gasteiger partial charge in [-0.15, -0.1) is 0 Å². The Morgan fingerprint density at radius 3 is 2.40 bits per heavy atom. The molecule has 0 heterocycles. The van der Waals surface area contributed by atoms with Gasteiger partial charge in [0.2, 0.25) is 5.91 Å². The molecule has 1 N–H and O–H groups in total. The highest BCUT2D eigenvalue weighted by Crippen LogP contribution is 2.17. The van der Waals surface area contributed by atoms with Gasteiger partial charge in [-0.1, -0.05) is 22.0 Å². The van der Waals surface area contributed by atoms with Crippen molar-refractivity contribution in [3.8, 4) is 5.75 Å². The molecule has 0 fully saturated rings. The maximum Gasteiger partial charge on any atom is 0.344 e. The molecular formula is C18H16BrNO5. The molecule has 0 aliphatic rings. The van der Waals surface area contributed by atoms with Crippen molar-refractivity contribution in [2.75, 3.05) is 18.5 Å². The predicted molar refractivity (Wildman–Crippen MR) is 95.7 cm³/mol. The van der Waals surface area contributed by atoms with E-state index in [-0.39, 0.29) is 24.9 Å². The summed E-state index contributed by atoms with van der Waals surface area (Å²) in [4.78, 5) is 34.6. The fraction of sp³-hybridized carbons (Fsp3) is 0.167. The molecule has 0 bridgehead atoms. The van der Waals surface area contributed by atoms with Gasteiger partial charge in [0.05, 0.1) is 0 Å². The molecule has 0 aliphatic carbocycles. The summed E-state index contributed by atoms with van der Waals surface area (Å²) < 4.78 is 11.0. The summed E-state index contributed by atoms with van der Waals surface area (Å²) in [7, 11) is 0. The predicted octanol–water partition coefficient (Wildman–Crippen LogP) is 3.21. The van der Waals surface area contributed by atoms with Crippen LogP contribution < -0.4 is 10.1 Å². The van der Waals surface area contributed by atoms with E-state index in [1.54, 1.807) is 42.5 Å². The van der Waals surface area contributed by atoms with Gasteiger partial charge in [-0.05, 0) is 42.5 Å². The van der Waals surface area contributed by atoms with Gasteiger partial charge in [0, 0.05) is 22.6 Å². The monoisotopic (exact) mass is 405 g/mol. The second kappa shape index (κ2) is 8.98. The summed E-state index contributed by atoms with van der Waals surface area (Å²) in [5.41, 5.74) is 0.971. The molecule has 25 heavy (non-hydrogen) atoms. The molecule has 0 radical (unpaired) electrons. The highest BCUT2D eigenvalue weighted by Gasteiger charge is 2.11. The van der Waals surface area contributed by atoms with Crippen LogP contribution in [0.2, 0.25) is 0 Å². The van der Waals surface area contributed by atoms with Gasteiger partial charge in [-0.2, -0.15) is 0 Å². The first-order chi connectivity index (χ1) is 11.9.